The smallest absolute Gasteiger partial charge is 0.0558 e. The zero-order valence-corrected chi connectivity index (χ0v) is 12.2. The van der Waals surface area contributed by atoms with E-state index in [-0.39, 0.29) is 6.61 Å². The summed E-state index contributed by atoms with van der Waals surface area (Å²) in [7, 11) is 0. The van der Waals surface area contributed by atoms with Crippen molar-refractivity contribution < 1.29 is 5.11 Å². The maximum atomic E-state index is 8.97. The molecule has 2 N–H and O–H groups in total. The number of piperazine rings is 1. The molecule has 4 heteroatoms. The van der Waals surface area contributed by atoms with Crippen molar-refractivity contribution in [1.82, 2.24) is 15.1 Å². The van der Waals surface area contributed by atoms with E-state index < -0.39 is 0 Å². The van der Waals surface area contributed by atoms with Crippen molar-refractivity contribution in [3.63, 3.8) is 0 Å². The van der Waals surface area contributed by atoms with Crippen molar-refractivity contribution in [2.24, 2.45) is 5.92 Å². The molecule has 108 valence electrons. The fourth-order valence-corrected chi connectivity index (χ4v) is 2.67. The van der Waals surface area contributed by atoms with Crippen LogP contribution in [0.5, 0.6) is 0 Å². The highest BCUT2D eigenvalue weighted by molar-refractivity contribution is 5.28. The van der Waals surface area contributed by atoms with Crippen molar-refractivity contribution >= 4 is 0 Å². The Balaban J connectivity index is 1.92. The molecular formula is C15H27N3O. The van der Waals surface area contributed by atoms with Crippen LogP contribution in [0.2, 0.25) is 0 Å². The maximum Gasteiger partial charge on any atom is 0.0558 e. The number of β-amino-alcohol motifs (C(OH)–C–C–N with tert-alkyl or cyclic N) is 1. The number of nitrogens with one attached hydrogen (secondary N) is 1. The molecule has 1 atom stereocenters. The molecule has 0 radical (unpaired) electrons. The Morgan fingerprint density at radius 3 is 2.68 bits per heavy atom. The molecule has 0 aromatic carbocycles. The lowest BCUT2D eigenvalue weighted by atomic mass is 10.0. The lowest BCUT2D eigenvalue weighted by Crippen LogP contribution is -2.47. The van der Waals surface area contributed by atoms with Gasteiger partial charge in [0.25, 0.3) is 0 Å². The fourth-order valence-electron chi connectivity index (χ4n) is 2.67. The highest BCUT2D eigenvalue weighted by Gasteiger charge is 2.19. The summed E-state index contributed by atoms with van der Waals surface area (Å²) in [5, 5.41) is 12.5. The van der Waals surface area contributed by atoms with Gasteiger partial charge in [-0.05, 0) is 24.5 Å². The first kappa shape index (κ1) is 14.4. The minimum absolute atomic E-state index is 0.269. The SMILES string of the molecule is CCC(C)C1=CC(N2CCN(CCO)CC2)=CCN1. The van der Waals surface area contributed by atoms with Gasteiger partial charge in [-0.2, -0.15) is 0 Å². The Kier molecular flexibility index (Phi) is 5.28. The highest BCUT2D eigenvalue weighted by atomic mass is 16.3. The van der Waals surface area contributed by atoms with Gasteiger partial charge in [-0.15, -0.1) is 0 Å². The third kappa shape index (κ3) is 3.74. The summed E-state index contributed by atoms with van der Waals surface area (Å²) in [5.41, 5.74) is 2.75. The van der Waals surface area contributed by atoms with Crippen LogP contribution in [-0.2, 0) is 0 Å². The topological polar surface area (TPSA) is 38.7 Å². The Morgan fingerprint density at radius 2 is 2.05 bits per heavy atom. The number of aliphatic hydroxyl groups is 1. The van der Waals surface area contributed by atoms with Crippen LogP contribution in [0.25, 0.3) is 0 Å². The molecule has 0 aliphatic carbocycles. The molecule has 19 heavy (non-hydrogen) atoms. The van der Waals surface area contributed by atoms with Crippen LogP contribution in [0.3, 0.4) is 0 Å². The van der Waals surface area contributed by atoms with Crippen molar-refractivity contribution in [3.05, 3.63) is 23.5 Å². The van der Waals surface area contributed by atoms with Crippen LogP contribution in [0.4, 0.5) is 0 Å². The van der Waals surface area contributed by atoms with E-state index in [4.69, 9.17) is 5.11 Å². The van der Waals surface area contributed by atoms with Crippen LogP contribution in [0, 0.1) is 5.92 Å². The Bertz CT molecular complexity index is 343. The van der Waals surface area contributed by atoms with Gasteiger partial charge in [0.1, 0.15) is 0 Å². The molecule has 1 saturated heterocycles. The lowest BCUT2D eigenvalue weighted by molar-refractivity contribution is 0.133. The predicted octanol–water partition coefficient (Wildman–Crippen LogP) is 1.01. The first-order valence-electron chi connectivity index (χ1n) is 7.48. The van der Waals surface area contributed by atoms with E-state index in [1.807, 2.05) is 0 Å². The van der Waals surface area contributed by atoms with Crippen molar-refractivity contribution in [1.29, 1.82) is 0 Å². The Hall–Kier alpha value is -1.00. The van der Waals surface area contributed by atoms with Crippen molar-refractivity contribution in [2.45, 2.75) is 20.3 Å². The number of aliphatic hydroxyl groups excluding tert-OH is 1. The molecule has 2 aliphatic heterocycles. The van der Waals surface area contributed by atoms with Gasteiger partial charge in [0.05, 0.1) is 6.61 Å². The molecule has 0 amide bonds. The van der Waals surface area contributed by atoms with E-state index in [0.29, 0.717) is 5.92 Å². The number of allylic oxidation sites excluding steroid dienone is 2. The maximum absolute atomic E-state index is 8.97. The molecule has 0 saturated carbocycles. The van der Waals surface area contributed by atoms with Gasteiger partial charge < -0.3 is 15.3 Å². The number of rotatable bonds is 5. The number of dihydropyridines is 1. The minimum Gasteiger partial charge on any atom is -0.395 e. The molecule has 0 bridgehead atoms. The summed E-state index contributed by atoms with van der Waals surface area (Å²) < 4.78 is 0. The second-order valence-corrected chi connectivity index (χ2v) is 5.47. The third-order valence-corrected chi connectivity index (χ3v) is 4.22. The number of hydrogen-bond donors (Lipinski definition) is 2. The highest BCUT2D eigenvalue weighted by Crippen LogP contribution is 2.20. The molecule has 2 rings (SSSR count). The first-order valence-corrected chi connectivity index (χ1v) is 7.48. The monoisotopic (exact) mass is 265 g/mol. The largest absolute Gasteiger partial charge is 0.395 e. The average Bonchev–Trinajstić information content (AvgIpc) is 2.48. The van der Waals surface area contributed by atoms with E-state index in [2.05, 4.69) is 41.1 Å². The van der Waals surface area contributed by atoms with E-state index in [1.165, 1.54) is 17.8 Å². The average molecular weight is 265 g/mol. The standard InChI is InChI=1S/C15H27N3O/c1-3-13(2)15-12-14(4-5-16-15)18-8-6-17(7-9-18)10-11-19/h4,12-13,16,19H,3,5-11H2,1-2H3. The van der Waals surface area contributed by atoms with Gasteiger partial charge in [-0.3, -0.25) is 4.90 Å². The second-order valence-electron chi connectivity index (χ2n) is 5.47. The molecule has 0 aromatic heterocycles. The molecular weight excluding hydrogens is 238 g/mol. The quantitative estimate of drug-likeness (QED) is 0.778. The van der Waals surface area contributed by atoms with Crippen LogP contribution in [0.15, 0.2) is 23.5 Å². The summed E-state index contributed by atoms with van der Waals surface area (Å²) in [4.78, 5) is 4.80. The summed E-state index contributed by atoms with van der Waals surface area (Å²) in [6.07, 6.45) is 5.78. The summed E-state index contributed by atoms with van der Waals surface area (Å²) in [6, 6.07) is 0. The van der Waals surface area contributed by atoms with Crippen molar-refractivity contribution in [3.8, 4) is 0 Å². The number of nitrogens with zero attached hydrogens (tertiary/aromatic N) is 2. The van der Waals surface area contributed by atoms with Gasteiger partial charge in [0.15, 0.2) is 0 Å². The molecule has 0 aromatic rings. The summed E-state index contributed by atoms with van der Waals surface area (Å²) in [6.45, 7) is 10.8. The van der Waals surface area contributed by atoms with Crippen LogP contribution >= 0.6 is 0 Å². The van der Waals surface area contributed by atoms with E-state index in [0.717, 1.165) is 39.3 Å². The second kappa shape index (κ2) is 6.96. The van der Waals surface area contributed by atoms with Gasteiger partial charge in [-0.25, -0.2) is 0 Å². The van der Waals surface area contributed by atoms with Crippen LogP contribution < -0.4 is 5.32 Å². The zero-order valence-electron chi connectivity index (χ0n) is 12.2. The van der Waals surface area contributed by atoms with Crippen LogP contribution in [0.1, 0.15) is 20.3 Å². The van der Waals surface area contributed by atoms with Crippen molar-refractivity contribution in [2.75, 3.05) is 45.9 Å². The summed E-state index contributed by atoms with van der Waals surface area (Å²) in [5.74, 6) is 0.611. The predicted molar refractivity (Wildman–Crippen MR) is 78.7 cm³/mol. The molecule has 2 heterocycles. The zero-order chi connectivity index (χ0) is 13.7. The molecule has 1 fully saturated rings. The normalized spacial score (nSPS) is 22.6. The van der Waals surface area contributed by atoms with E-state index in [1.54, 1.807) is 0 Å². The van der Waals surface area contributed by atoms with E-state index >= 15 is 0 Å². The third-order valence-electron chi connectivity index (χ3n) is 4.22. The lowest BCUT2D eigenvalue weighted by Gasteiger charge is -2.37. The van der Waals surface area contributed by atoms with Crippen LogP contribution in [-0.4, -0.2) is 60.8 Å². The van der Waals surface area contributed by atoms with Gasteiger partial charge in [0.2, 0.25) is 0 Å². The van der Waals surface area contributed by atoms with Gasteiger partial charge >= 0.3 is 0 Å². The van der Waals surface area contributed by atoms with Gasteiger partial charge in [0, 0.05) is 50.7 Å². The molecule has 2 aliphatic rings. The van der Waals surface area contributed by atoms with E-state index in [9.17, 15) is 0 Å². The Morgan fingerprint density at radius 1 is 1.32 bits per heavy atom. The number of hydrogen-bond acceptors (Lipinski definition) is 4. The molecule has 0 spiro atoms. The first-order chi connectivity index (χ1) is 9.24. The molecule has 1 unspecified atom stereocenters. The van der Waals surface area contributed by atoms with Gasteiger partial charge in [-0.1, -0.05) is 13.8 Å². The Labute approximate surface area is 116 Å². The molecule has 4 nitrogen and oxygen atoms in total. The minimum atomic E-state index is 0.269. The summed E-state index contributed by atoms with van der Waals surface area (Å²) >= 11 is 0. The fraction of sp³-hybridized carbons (Fsp3) is 0.733.